The predicted molar refractivity (Wildman–Crippen MR) is 86.8 cm³/mol. The molecule has 0 aromatic heterocycles. The highest BCUT2D eigenvalue weighted by Gasteiger charge is 2.28. The number of hydrogen-bond acceptors (Lipinski definition) is 3. The van der Waals surface area contributed by atoms with Gasteiger partial charge in [0.2, 0.25) is 0 Å². The molecule has 0 radical (unpaired) electrons. The van der Waals surface area contributed by atoms with E-state index in [1.54, 1.807) is 7.11 Å². The Labute approximate surface area is 128 Å². The van der Waals surface area contributed by atoms with Crippen LogP contribution in [0.1, 0.15) is 51.0 Å². The van der Waals surface area contributed by atoms with Gasteiger partial charge >= 0.3 is 0 Å². The Balaban J connectivity index is 1.70. The maximum Gasteiger partial charge on any atom is 0.118 e. The molecule has 118 valence electrons. The summed E-state index contributed by atoms with van der Waals surface area (Å²) in [4.78, 5) is 0. The lowest BCUT2D eigenvalue weighted by atomic mass is 9.84. The van der Waals surface area contributed by atoms with E-state index in [4.69, 9.17) is 4.74 Å². The van der Waals surface area contributed by atoms with Gasteiger partial charge in [-0.05, 0) is 50.3 Å². The SMILES string of the molecule is COc1ccc(CCC(C)NCC2(O)CCCCC2)cc1. The first-order valence-corrected chi connectivity index (χ1v) is 8.20. The van der Waals surface area contributed by atoms with Gasteiger partial charge in [-0.15, -0.1) is 0 Å². The zero-order chi connectivity index (χ0) is 15.1. The largest absolute Gasteiger partial charge is 0.497 e. The van der Waals surface area contributed by atoms with Gasteiger partial charge in [0.1, 0.15) is 5.75 Å². The number of aryl methyl sites for hydroxylation is 1. The van der Waals surface area contributed by atoms with Gasteiger partial charge in [0.15, 0.2) is 0 Å². The van der Waals surface area contributed by atoms with Gasteiger partial charge < -0.3 is 15.2 Å². The summed E-state index contributed by atoms with van der Waals surface area (Å²) >= 11 is 0. The van der Waals surface area contributed by atoms with Gasteiger partial charge in [-0.1, -0.05) is 31.4 Å². The summed E-state index contributed by atoms with van der Waals surface area (Å²) in [6.45, 7) is 2.94. The quantitative estimate of drug-likeness (QED) is 0.810. The average Bonchev–Trinajstić information content (AvgIpc) is 2.52. The maximum absolute atomic E-state index is 10.5. The molecule has 1 aromatic rings. The number of benzene rings is 1. The van der Waals surface area contributed by atoms with E-state index in [-0.39, 0.29) is 0 Å². The highest BCUT2D eigenvalue weighted by atomic mass is 16.5. The molecule has 1 aromatic carbocycles. The van der Waals surface area contributed by atoms with E-state index >= 15 is 0 Å². The third kappa shape index (κ3) is 5.33. The van der Waals surface area contributed by atoms with Crippen molar-refractivity contribution in [2.45, 2.75) is 63.5 Å². The molecule has 0 aliphatic heterocycles. The number of ether oxygens (including phenoxy) is 1. The van der Waals surface area contributed by atoms with E-state index in [0.717, 1.165) is 38.0 Å². The van der Waals surface area contributed by atoms with Crippen LogP contribution < -0.4 is 10.1 Å². The van der Waals surface area contributed by atoms with Gasteiger partial charge in [-0.25, -0.2) is 0 Å². The van der Waals surface area contributed by atoms with E-state index in [1.165, 1.54) is 24.8 Å². The number of hydrogen-bond donors (Lipinski definition) is 2. The second-order valence-corrected chi connectivity index (χ2v) is 6.45. The summed E-state index contributed by atoms with van der Waals surface area (Å²) in [5.74, 6) is 0.907. The fourth-order valence-corrected chi connectivity index (χ4v) is 3.03. The summed E-state index contributed by atoms with van der Waals surface area (Å²) in [5, 5.41) is 14.0. The van der Waals surface area contributed by atoms with E-state index in [2.05, 4.69) is 24.4 Å². The van der Waals surface area contributed by atoms with Crippen LogP contribution in [0.4, 0.5) is 0 Å². The minimum absolute atomic E-state index is 0.429. The molecule has 1 saturated carbocycles. The minimum atomic E-state index is -0.466. The molecule has 21 heavy (non-hydrogen) atoms. The van der Waals surface area contributed by atoms with E-state index in [9.17, 15) is 5.11 Å². The fourth-order valence-electron chi connectivity index (χ4n) is 3.03. The van der Waals surface area contributed by atoms with Crippen molar-refractivity contribution in [3.05, 3.63) is 29.8 Å². The summed E-state index contributed by atoms with van der Waals surface area (Å²) in [7, 11) is 1.69. The van der Waals surface area contributed by atoms with Crippen molar-refractivity contribution in [3.63, 3.8) is 0 Å². The smallest absolute Gasteiger partial charge is 0.118 e. The van der Waals surface area contributed by atoms with Crippen LogP contribution in [0.5, 0.6) is 5.75 Å². The zero-order valence-corrected chi connectivity index (χ0v) is 13.4. The number of aliphatic hydroxyl groups is 1. The van der Waals surface area contributed by atoms with Crippen molar-refractivity contribution < 1.29 is 9.84 Å². The Bertz CT molecular complexity index is 410. The third-order valence-electron chi connectivity index (χ3n) is 4.59. The molecular weight excluding hydrogens is 262 g/mol. The van der Waals surface area contributed by atoms with Crippen molar-refractivity contribution in [2.75, 3.05) is 13.7 Å². The molecule has 0 heterocycles. The second-order valence-electron chi connectivity index (χ2n) is 6.45. The fraction of sp³-hybridized carbons (Fsp3) is 0.667. The molecule has 3 nitrogen and oxygen atoms in total. The van der Waals surface area contributed by atoms with E-state index in [1.807, 2.05) is 12.1 Å². The molecule has 3 heteroatoms. The molecule has 1 aliphatic rings. The van der Waals surface area contributed by atoms with Crippen LogP contribution in [0.15, 0.2) is 24.3 Å². The first-order chi connectivity index (χ1) is 10.1. The van der Waals surface area contributed by atoms with Gasteiger partial charge in [-0.3, -0.25) is 0 Å². The Kier molecular flexibility index (Phi) is 6.07. The van der Waals surface area contributed by atoms with Gasteiger partial charge in [0, 0.05) is 12.6 Å². The van der Waals surface area contributed by atoms with Crippen LogP contribution in [-0.4, -0.2) is 30.4 Å². The topological polar surface area (TPSA) is 41.5 Å². The molecule has 0 saturated heterocycles. The van der Waals surface area contributed by atoms with Gasteiger partial charge in [0.05, 0.1) is 12.7 Å². The van der Waals surface area contributed by atoms with Gasteiger partial charge in [0.25, 0.3) is 0 Å². The summed E-state index contributed by atoms with van der Waals surface area (Å²) in [6.07, 6.45) is 7.64. The lowest BCUT2D eigenvalue weighted by Gasteiger charge is -2.33. The minimum Gasteiger partial charge on any atom is -0.497 e. The van der Waals surface area contributed by atoms with Crippen molar-refractivity contribution in [1.82, 2.24) is 5.32 Å². The first-order valence-electron chi connectivity index (χ1n) is 8.20. The van der Waals surface area contributed by atoms with Crippen LogP contribution >= 0.6 is 0 Å². The molecule has 0 amide bonds. The zero-order valence-electron chi connectivity index (χ0n) is 13.4. The van der Waals surface area contributed by atoms with Crippen LogP contribution in [-0.2, 0) is 6.42 Å². The number of methoxy groups -OCH3 is 1. The average molecular weight is 291 g/mol. The second kappa shape index (κ2) is 7.81. The predicted octanol–water partition coefficient (Wildman–Crippen LogP) is 3.30. The Hall–Kier alpha value is -1.06. The first kappa shape index (κ1) is 16.3. The number of nitrogens with one attached hydrogen (secondary N) is 1. The monoisotopic (exact) mass is 291 g/mol. The van der Waals surface area contributed by atoms with Crippen LogP contribution in [0.25, 0.3) is 0 Å². The van der Waals surface area contributed by atoms with E-state index < -0.39 is 5.60 Å². The molecule has 1 atom stereocenters. The molecule has 1 aliphatic carbocycles. The normalized spacial score (nSPS) is 19.2. The van der Waals surface area contributed by atoms with Crippen molar-refractivity contribution in [2.24, 2.45) is 0 Å². The van der Waals surface area contributed by atoms with Gasteiger partial charge in [-0.2, -0.15) is 0 Å². The number of rotatable bonds is 7. The van der Waals surface area contributed by atoms with Crippen LogP contribution in [0.3, 0.4) is 0 Å². The molecule has 1 unspecified atom stereocenters. The standard InChI is InChI=1S/C18H29NO2/c1-15(19-14-18(20)12-4-3-5-13-18)6-7-16-8-10-17(21-2)11-9-16/h8-11,15,19-20H,3-7,12-14H2,1-2H3. The van der Waals surface area contributed by atoms with Crippen molar-refractivity contribution in [3.8, 4) is 5.75 Å². The van der Waals surface area contributed by atoms with Crippen molar-refractivity contribution >= 4 is 0 Å². The lowest BCUT2D eigenvalue weighted by molar-refractivity contribution is 0.00288. The Morgan fingerprint density at radius 1 is 1.19 bits per heavy atom. The molecule has 2 N–H and O–H groups in total. The Morgan fingerprint density at radius 3 is 2.48 bits per heavy atom. The lowest BCUT2D eigenvalue weighted by Crippen LogP contribution is -2.45. The van der Waals surface area contributed by atoms with Crippen LogP contribution in [0, 0.1) is 0 Å². The molecule has 1 fully saturated rings. The summed E-state index contributed by atoms with van der Waals surface area (Å²) in [5.41, 5.74) is 0.868. The Morgan fingerprint density at radius 2 is 1.86 bits per heavy atom. The maximum atomic E-state index is 10.5. The van der Waals surface area contributed by atoms with E-state index in [0.29, 0.717) is 6.04 Å². The van der Waals surface area contributed by atoms with Crippen molar-refractivity contribution in [1.29, 1.82) is 0 Å². The highest BCUT2D eigenvalue weighted by molar-refractivity contribution is 5.27. The molecular formula is C18H29NO2. The summed E-state index contributed by atoms with van der Waals surface area (Å²) < 4.78 is 5.17. The summed E-state index contributed by atoms with van der Waals surface area (Å²) in [6, 6.07) is 8.70. The molecule has 2 rings (SSSR count). The molecule has 0 spiro atoms. The van der Waals surface area contributed by atoms with Crippen LogP contribution in [0.2, 0.25) is 0 Å². The highest BCUT2D eigenvalue weighted by Crippen LogP contribution is 2.27. The molecule has 0 bridgehead atoms. The third-order valence-corrected chi connectivity index (χ3v) is 4.59.